The first-order valence-corrected chi connectivity index (χ1v) is 7.28. The summed E-state index contributed by atoms with van der Waals surface area (Å²) in [7, 11) is 0. The Morgan fingerprint density at radius 1 is 1.11 bits per heavy atom. The predicted octanol–water partition coefficient (Wildman–Crippen LogP) is 2.77. The summed E-state index contributed by atoms with van der Waals surface area (Å²) in [5.41, 5.74) is 7.27. The van der Waals surface area contributed by atoms with Crippen molar-refractivity contribution >= 4 is 0 Å². The number of rotatable bonds is 8. The average Bonchev–Trinajstić information content (AvgIpc) is 2.41. The third-order valence-electron chi connectivity index (χ3n) is 3.71. The minimum absolute atomic E-state index is 0.0109. The molecular weight excluding hydrogens is 236 g/mol. The maximum absolute atomic E-state index is 9.35. The monoisotopic (exact) mass is 264 g/mol. The number of phenols is 1. The van der Waals surface area contributed by atoms with Crippen LogP contribution < -0.4 is 5.73 Å². The van der Waals surface area contributed by atoms with Crippen LogP contribution in [0.25, 0.3) is 0 Å². The van der Waals surface area contributed by atoms with Gasteiger partial charge in [-0.25, -0.2) is 0 Å². The number of hydrogen-bond donors (Lipinski definition) is 2. The lowest BCUT2D eigenvalue weighted by Gasteiger charge is -2.41. The van der Waals surface area contributed by atoms with E-state index in [1.165, 1.54) is 5.56 Å². The van der Waals surface area contributed by atoms with E-state index in [0.29, 0.717) is 12.3 Å². The Bertz CT molecular complexity index is 358. The summed E-state index contributed by atoms with van der Waals surface area (Å²) in [5, 5.41) is 9.35. The number of hydrogen-bond acceptors (Lipinski definition) is 3. The van der Waals surface area contributed by atoms with Gasteiger partial charge in [0.1, 0.15) is 5.75 Å². The molecule has 3 heteroatoms. The number of phenolic OH excluding ortho intramolecular Hbond substituents is 1. The van der Waals surface area contributed by atoms with Crippen LogP contribution >= 0.6 is 0 Å². The Balaban J connectivity index is 2.84. The van der Waals surface area contributed by atoms with Gasteiger partial charge in [-0.3, -0.25) is 4.90 Å². The van der Waals surface area contributed by atoms with Crippen molar-refractivity contribution in [2.45, 2.75) is 45.6 Å². The van der Waals surface area contributed by atoms with Gasteiger partial charge in [0.15, 0.2) is 0 Å². The number of benzene rings is 1. The largest absolute Gasteiger partial charge is 0.508 e. The van der Waals surface area contributed by atoms with E-state index in [1.54, 1.807) is 12.1 Å². The maximum Gasteiger partial charge on any atom is 0.115 e. The zero-order chi connectivity index (χ0) is 14.3. The molecule has 1 aromatic carbocycles. The van der Waals surface area contributed by atoms with E-state index >= 15 is 0 Å². The summed E-state index contributed by atoms with van der Waals surface area (Å²) < 4.78 is 0. The molecular formula is C16H28N2O. The fraction of sp³-hybridized carbons (Fsp3) is 0.625. The summed E-state index contributed by atoms with van der Waals surface area (Å²) in [6.07, 6.45) is 3.21. The molecule has 3 N–H and O–H groups in total. The first kappa shape index (κ1) is 16.0. The minimum Gasteiger partial charge on any atom is -0.508 e. The van der Waals surface area contributed by atoms with Gasteiger partial charge in [0.05, 0.1) is 0 Å². The highest BCUT2D eigenvalue weighted by Crippen LogP contribution is 2.22. The van der Waals surface area contributed by atoms with E-state index in [0.717, 1.165) is 32.4 Å². The van der Waals surface area contributed by atoms with Gasteiger partial charge in [-0.15, -0.1) is 0 Å². The van der Waals surface area contributed by atoms with Crippen molar-refractivity contribution in [1.82, 2.24) is 4.90 Å². The smallest absolute Gasteiger partial charge is 0.115 e. The van der Waals surface area contributed by atoms with Crippen molar-refractivity contribution < 1.29 is 5.11 Å². The highest BCUT2D eigenvalue weighted by atomic mass is 16.3. The molecule has 1 unspecified atom stereocenters. The first-order chi connectivity index (χ1) is 9.05. The van der Waals surface area contributed by atoms with E-state index in [1.807, 2.05) is 12.1 Å². The topological polar surface area (TPSA) is 49.5 Å². The lowest BCUT2D eigenvalue weighted by Crippen LogP contribution is -2.53. The number of aromatic hydroxyl groups is 1. The molecule has 0 aliphatic rings. The fourth-order valence-corrected chi connectivity index (χ4v) is 2.56. The molecule has 0 saturated carbocycles. The highest BCUT2D eigenvalue weighted by Gasteiger charge is 2.29. The lowest BCUT2D eigenvalue weighted by atomic mass is 9.90. The molecule has 0 amide bonds. The highest BCUT2D eigenvalue weighted by molar-refractivity contribution is 5.27. The molecule has 19 heavy (non-hydrogen) atoms. The predicted molar refractivity (Wildman–Crippen MR) is 81.4 cm³/mol. The van der Waals surface area contributed by atoms with Crippen LogP contribution in [-0.4, -0.2) is 35.2 Å². The molecule has 1 atom stereocenters. The molecule has 0 saturated heterocycles. The van der Waals surface area contributed by atoms with Gasteiger partial charge in [-0.05, 0) is 57.0 Å². The molecule has 0 bridgehead atoms. The van der Waals surface area contributed by atoms with Gasteiger partial charge in [0.25, 0.3) is 0 Å². The van der Waals surface area contributed by atoms with Gasteiger partial charge in [-0.2, -0.15) is 0 Å². The van der Waals surface area contributed by atoms with Gasteiger partial charge < -0.3 is 10.8 Å². The molecule has 1 aromatic rings. The number of nitrogens with zero attached hydrogens (tertiary/aromatic N) is 1. The van der Waals surface area contributed by atoms with Gasteiger partial charge in [0.2, 0.25) is 0 Å². The zero-order valence-electron chi connectivity index (χ0n) is 12.5. The maximum atomic E-state index is 9.35. The zero-order valence-corrected chi connectivity index (χ0v) is 12.5. The van der Waals surface area contributed by atoms with Crippen LogP contribution in [0.5, 0.6) is 5.75 Å². The van der Waals surface area contributed by atoms with Crippen molar-refractivity contribution in [3.63, 3.8) is 0 Å². The van der Waals surface area contributed by atoms with Crippen LogP contribution in [0, 0.1) is 0 Å². The molecule has 0 aromatic heterocycles. The molecule has 0 aliphatic heterocycles. The second-order valence-electron chi connectivity index (χ2n) is 5.53. The van der Waals surface area contributed by atoms with Crippen molar-refractivity contribution in [3.05, 3.63) is 29.8 Å². The standard InChI is InChI=1S/C16H28N2O/c1-4-10-18(11-5-2)16(3,13-17)12-14-6-8-15(19)9-7-14/h6-9,19H,4-5,10-13,17H2,1-3H3. The summed E-state index contributed by atoms with van der Waals surface area (Å²) >= 11 is 0. The molecule has 1 rings (SSSR count). The van der Waals surface area contributed by atoms with E-state index in [4.69, 9.17) is 5.73 Å². The average molecular weight is 264 g/mol. The summed E-state index contributed by atoms with van der Waals surface area (Å²) in [4.78, 5) is 2.50. The number of nitrogens with two attached hydrogens (primary N) is 1. The first-order valence-electron chi connectivity index (χ1n) is 7.28. The lowest BCUT2D eigenvalue weighted by molar-refractivity contribution is 0.110. The van der Waals surface area contributed by atoms with Gasteiger partial charge in [0, 0.05) is 12.1 Å². The minimum atomic E-state index is -0.0109. The molecule has 3 nitrogen and oxygen atoms in total. The SMILES string of the molecule is CCCN(CCC)C(C)(CN)Cc1ccc(O)cc1. The third kappa shape index (κ3) is 4.51. The van der Waals surface area contributed by atoms with Crippen LogP contribution in [0.2, 0.25) is 0 Å². The molecule has 0 radical (unpaired) electrons. The van der Waals surface area contributed by atoms with Crippen molar-refractivity contribution in [1.29, 1.82) is 0 Å². The second-order valence-corrected chi connectivity index (χ2v) is 5.53. The molecule has 0 fully saturated rings. The van der Waals surface area contributed by atoms with Crippen LogP contribution in [0.3, 0.4) is 0 Å². The Morgan fingerprint density at radius 3 is 2.05 bits per heavy atom. The summed E-state index contributed by atoms with van der Waals surface area (Å²) in [5.74, 6) is 0.317. The second kappa shape index (κ2) is 7.51. The Labute approximate surface area is 117 Å². The quantitative estimate of drug-likeness (QED) is 0.759. The summed E-state index contributed by atoms with van der Waals surface area (Å²) in [6, 6.07) is 7.46. The van der Waals surface area contributed by atoms with Crippen LogP contribution in [-0.2, 0) is 6.42 Å². The normalized spacial score (nSPS) is 14.6. The Hall–Kier alpha value is -1.06. The Morgan fingerprint density at radius 2 is 1.63 bits per heavy atom. The van der Waals surface area contributed by atoms with E-state index in [9.17, 15) is 5.11 Å². The van der Waals surface area contributed by atoms with E-state index < -0.39 is 0 Å². The Kier molecular flexibility index (Phi) is 6.32. The van der Waals surface area contributed by atoms with Crippen molar-refractivity contribution in [2.75, 3.05) is 19.6 Å². The van der Waals surface area contributed by atoms with Gasteiger partial charge >= 0.3 is 0 Å². The third-order valence-corrected chi connectivity index (χ3v) is 3.71. The van der Waals surface area contributed by atoms with E-state index in [2.05, 4.69) is 25.7 Å². The fourth-order valence-electron chi connectivity index (χ4n) is 2.56. The molecule has 0 aliphatic carbocycles. The van der Waals surface area contributed by atoms with Crippen molar-refractivity contribution in [2.24, 2.45) is 5.73 Å². The van der Waals surface area contributed by atoms with Crippen LogP contribution in [0.15, 0.2) is 24.3 Å². The van der Waals surface area contributed by atoms with Crippen molar-refractivity contribution in [3.8, 4) is 5.75 Å². The molecule has 108 valence electrons. The van der Waals surface area contributed by atoms with Crippen LogP contribution in [0.1, 0.15) is 39.2 Å². The van der Waals surface area contributed by atoms with Crippen LogP contribution in [0.4, 0.5) is 0 Å². The molecule has 0 spiro atoms. The van der Waals surface area contributed by atoms with E-state index in [-0.39, 0.29) is 5.54 Å². The molecule has 0 heterocycles. The summed E-state index contributed by atoms with van der Waals surface area (Å²) in [6.45, 7) is 9.47. The van der Waals surface area contributed by atoms with Gasteiger partial charge in [-0.1, -0.05) is 26.0 Å².